The molecule has 0 atom stereocenters. The molecule has 0 spiro atoms. The van der Waals surface area contributed by atoms with Gasteiger partial charge in [-0.1, -0.05) is 129 Å². The normalized spacial score (nSPS) is 11.6. The summed E-state index contributed by atoms with van der Waals surface area (Å²) >= 11 is 0. The SMILES string of the molecule is CCCCCCCCCCCCOP(=O)([O-])[O-].CCCCCCCCCCCCOP(=O)([O-])[O-].[Zr+4]. The molecule has 0 bridgehead atoms. The van der Waals surface area contributed by atoms with Crippen molar-refractivity contribution in [3.63, 3.8) is 0 Å². The van der Waals surface area contributed by atoms with Crippen LogP contribution in [0.15, 0.2) is 0 Å². The molecular weight excluding hydrogens is 569 g/mol. The van der Waals surface area contributed by atoms with Gasteiger partial charge in [0.05, 0.1) is 28.9 Å². The first-order valence-corrected chi connectivity index (χ1v) is 16.4. The largest absolute Gasteiger partial charge is 4.00 e. The summed E-state index contributed by atoms with van der Waals surface area (Å²) in [4.78, 5) is 40.6. The average molecular weight is 620 g/mol. The van der Waals surface area contributed by atoms with Gasteiger partial charge in [0.25, 0.3) is 0 Å². The summed E-state index contributed by atoms with van der Waals surface area (Å²) in [5, 5.41) is 0. The van der Waals surface area contributed by atoms with Crippen LogP contribution in [0.1, 0.15) is 142 Å². The van der Waals surface area contributed by atoms with Crippen LogP contribution >= 0.6 is 15.6 Å². The Kier molecular flexibility index (Phi) is 34.4. The predicted molar refractivity (Wildman–Crippen MR) is 131 cm³/mol. The Morgan fingerprint density at radius 1 is 0.429 bits per heavy atom. The summed E-state index contributed by atoms with van der Waals surface area (Å²) in [6, 6.07) is 0. The van der Waals surface area contributed by atoms with E-state index < -0.39 is 15.6 Å². The van der Waals surface area contributed by atoms with Gasteiger partial charge in [-0.15, -0.1) is 0 Å². The minimum atomic E-state index is -4.74. The minimum absolute atomic E-state index is 0. The van der Waals surface area contributed by atoms with Gasteiger partial charge in [-0.2, -0.15) is 0 Å². The zero-order valence-electron chi connectivity index (χ0n) is 22.2. The van der Waals surface area contributed by atoms with Gasteiger partial charge in [-0.05, 0) is 12.8 Å². The fourth-order valence-electron chi connectivity index (χ4n) is 3.53. The molecule has 0 rings (SSSR count). The molecule has 11 heteroatoms. The standard InChI is InChI=1S/2C12H27O4P.Zr/c2*1-2-3-4-5-6-7-8-9-10-11-12-16-17(13,14)15;/h2*2-12H2,1H3,(H2,13,14,15);/q;;+4/p-4. The predicted octanol–water partition coefficient (Wildman–Crippen LogP) is 5.50. The first kappa shape index (κ1) is 40.6. The van der Waals surface area contributed by atoms with Crippen LogP contribution in [0.2, 0.25) is 0 Å². The van der Waals surface area contributed by atoms with Crippen LogP contribution < -0.4 is 19.6 Å². The summed E-state index contributed by atoms with van der Waals surface area (Å²) in [7, 11) is -9.49. The van der Waals surface area contributed by atoms with Crippen molar-refractivity contribution in [2.45, 2.75) is 142 Å². The van der Waals surface area contributed by atoms with E-state index in [1.54, 1.807) is 0 Å². The van der Waals surface area contributed by atoms with Crippen molar-refractivity contribution >= 4 is 15.6 Å². The van der Waals surface area contributed by atoms with Gasteiger partial charge >= 0.3 is 26.2 Å². The maximum Gasteiger partial charge on any atom is 4.00 e. The summed E-state index contributed by atoms with van der Waals surface area (Å²) in [5.74, 6) is 0. The van der Waals surface area contributed by atoms with Crippen molar-refractivity contribution in [2.24, 2.45) is 0 Å². The van der Waals surface area contributed by atoms with E-state index in [9.17, 15) is 28.7 Å². The Labute approximate surface area is 234 Å². The molecule has 0 aliphatic heterocycles. The van der Waals surface area contributed by atoms with Gasteiger partial charge in [0.15, 0.2) is 0 Å². The molecule has 208 valence electrons. The van der Waals surface area contributed by atoms with Crippen molar-refractivity contribution < 1.29 is 64.0 Å². The third kappa shape index (κ3) is 45.4. The number of hydrogen-bond acceptors (Lipinski definition) is 8. The molecule has 0 fully saturated rings. The fourth-order valence-corrected chi connectivity index (χ4v) is 4.24. The quantitative estimate of drug-likeness (QED) is 0.102. The monoisotopic (exact) mass is 618 g/mol. The van der Waals surface area contributed by atoms with Crippen LogP contribution in [-0.2, 0) is 44.4 Å². The van der Waals surface area contributed by atoms with Gasteiger partial charge in [-0.25, -0.2) is 0 Å². The summed E-state index contributed by atoms with van der Waals surface area (Å²) < 4.78 is 28.6. The Balaban J connectivity index is -0.000000569. The van der Waals surface area contributed by atoms with Crippen molar-refractivity contribution in [2.75, 3.05) is 13.2 Å². The fraction of sp³-hybridized carbons (Fsp3) is 1.00. The molecule has 0 aromatic heterocycles. The average Bonchev–Trinajstić information content (AvgIpc) is 2.75. The Hall–Kier alpha value is 1.10. The Bertz CT molecular complexity index is 456. The Morgan fingerprint density at radius 2 is 0.629 bits per heavy atom. The molecular formula is C24H50O8P2Zr. The third-order valence-corrected chi connectivity index (χ3v) is 6.49. The molecule has 0 radical (unpaired) electrons. The van der Waals surface area contributed by atoms with Crippen molar-refractivity contribution in [3.8, 4) is 0 Å². The van der Waals surface area contributed by atoms with Gasteiger partial charge in [0.2, 0.25) is 0 Å². The van der Waals surface area contributed by atoms with E-state index in [2.05, 4.69) is 22.9 Å². The topological polar surface area (TPSA) is 145 Å². The minimum Gasteiger partial charge on any atom is -0.790 e. The van der Waals surface area contributed by atoms with Gasteiger partial charge in [-0.3, -0.25) is 0 Å². The second-order valence-electron chi connectivity index (χ2n) is 8.92. The first-order valence-electron chi connectivity index (χ1n) is 13.5. The van der Waals surface area contributed by atoms with E-state index in [0.717, 1.165) is 25.7 Å². The number of hydrogen-bond donors (Lipinski definition) is 0. The molecule has 0 aromatic rings. The van der Waals surface area contributed by atoms with Crippen molar-refractivity contribution in [1.29, 1.82) is 0 Å². The van der Waals surface area contributed by atoms with E-state index in [4.69, 9.17) is 0 Å². The third-order valence-electron chi connectivity index (χ3n) is 5.49. The molecule has 0 aliphatic carbocycles. The van der Waals surface area contributed by atoms with E-state index in [1.165, 1.54) is 89.9 Å². The molecule has 0 heterocycles. The summed E-state index contributed by atoms with van der Waals surface area (Å²) in [6.07, 6.45) is 23.4. The van der Waals surface area contributed by atoms with Crippen molar-refractivity contribution in [1.82, 2.24) is 0 Å². The maximum absolute atomic E-state index is 10.1. The molecule has 35 heavy (non-hydrogen) atoms. The van der Waals surface area contributed by atoms with Crippen LogP contribution in [0.25, 0.3) is 0 Å². The molecule has 0 amide bonds. The van der Waals surface area contributed by atoms with Crippen LogP contribution in [0.5, 0.6) is 0 Å². The maximum atomic E-state index is 10.1. The van der Waals surface area contributed by atoms with E-state index in [0.29, 0.717) is 12.8 Å². The van der Waals surface area contributed by atoms with E-state index >= 15 is 0 Å². The Morgan fingerprint density at radius 3 is 0.829 bits per heavy atom. The smallest absolute Gasteiger partial charge is 0.790 e. The first-order chi connectivity index (χ1) is 16.1. The van der Waals surface area contributed by atoms with Crippen LogP contribution in [0, 0.1) is 0 Å². The molecule has 0 saturated heterocycles. The van der Waals surface area contributed by atoms with Crippen LogP contribution in [-0.4, -0.2) is 13.2 Å². The van der Waals surface area contributed by atoms with Crippen LogP contribution in [0.3, 0.4) is 0 Å². The zero-order chi connectivity index (χ0) is 26.0. The number of phosphoric ester groups is 2. The van der Waals surface area contributed by atoms with Gasteiger partial charge in [0.1, 0.15) is 0 Å². The second-order valence-corrected chi connectivity index (χ2v) is 11.2. The zero-order valence-corrected chi connectivity index (χ0v) is 26.5. The summed E-state index contributed by atoms with van der Waals surface area (Å²) in [6.45, 7) is 4.51. The second kappa shape index (κ2) is 29.7. The number of phosphoric acid groups is 2. The molecule has 0 N–H and O–H groups in total. The molecule has 8 nitrogen and oxygen atoms in total. The summed E-state index contributed by atoms with van der Waals surface area (Å²) in [5.41, 5.74) is 0. The van der Waals surface area contributed by atoms with Crippen LogP contribution in [0.4, 0.5) is 0 Å². The molecule has 0 saturated carbocycles. The van der Waals surface area contributed by atoms with Gasteiger partial charge in [0, 0.05) is 0 Å². The van der Waals surface area contributed by atoms with E-state index in [1.807, 2.05) is 0 Å². The van der Waals surface area contributed by atoms with Gasteiger partial charge < -0.3 is 37.8 Å². The number of unbranched alkanes of at least 4 members (excludes halogenated alkanes) is 18. The van der Waals surface area contributed by atoms with Crippen molar-refractivity contribution in [3.05, 3.63) is 0 Å². The van der Waals surface area contributed by atoms with E-state index in [-0.39, 0.29) is 39.4 Å². The molecule has 0 aliphatic rings. The molecule has 0 aromatic carbocycles. The molecule has 0 unspecified atom stereocenters. The number of rotatable bonds is 24.